The molecule has 1 atom stereocenters. The molecule has 0 rings (SSSR count). The van der Waals surface area contributed by atoms with Crippen molar-refractivity contribution in [3.8, 4) is 0 Å². The normalized spacial score (nSPS) is 13.1. The Labute approximate surface area is 89.6 Å². The van der Waals surface area contributed by atoms with Gasteiger partial charge in [0, 0.05) is 13.1 Å². The quantitative estimate of drug-likeness (QED) is 0.560. The summed E-state index contributed by atoms with van der Waals surface area (Å²) in [6.45, 7) is 2.63. The maximum Gasteiger partial charge on any atom is 0.317 e. The minimum Gasteiger partial charge on any atom is -0.480 e. The summed E-state index contributed by atoms with van der Waals surface area (Å²) < 4.78 is 0. The molecule has 0 aromatic heterocycles. The van der Waals surface area contributed by atoms with Crippen LogP contribution in [-0.2, 0) is 9.59 Å². The number of hydrogen-bond acceptors (Lipinski definition) is 4. The molecule has 0 aromatic rings. The highest BCUT2D eigenvalue weighted by molar-refractivity contribution is 5.80. The van der Waals surface area contributed by atoms with Crippen LogP contribution in [0.1, 0.15) is 6.92 Å². The number of rotatable bonds is 7. The van der Waals surface area contributed by atoms with Crippen molar-refractivity contribution >= 4 is 11.9 Å². The molecule has 6 heteroatoms. The van der Waals surface area contributed by atoms with Crippen molar-refractivity contribution < 1.29 is 14.7 Å². The summed E-state index contributed by atoms with van der Waals surface area (Å²) in [4.78, 5) is 25.0. The molecular weight excluding hydrogens is 198 g/mol. The topological polar surface area (TPSA) is 86.9 Å². The maximum absolute atomic E-state index is 10.9. The number of primary amides is 1. The predicted molar refractivity (Wildman–Crippen MR) is 56.4 cm³/mol. The van der Waals surface area contributed by atoms with Gasteiger partial charge < -0.3 is 15.7 Å². The first-order chi connectivity index (χ1) is 6.84. The fourth-order valence-electron chi connectivity index (χ4n) is 1.09. The number of nitrogens with two attached hydrogens (primary N) is 1. The summed E-state index contributed by atoms with van der Waals surface area (Å²) in [5.74, 6) is -1.46. The Morgan fingerprint density at radius 2 is 1.87 bits per heavy atom. The first-order valence-corrected chi connectivity index (χ1v) is 4.74. The minimum absolute atomic E-state index is 0.169. The number of carbonyl (C=O) groups is 2. The van der Waals surface area contributed by atoms with Crippen molar-refractivity contribution in [2.45, 2.75) is 13.0 Å². The summed E-state index contributed by atoms with van der Waals surface area (Å²) in [6, 6.07) is -0.555. The fraction of sp³-hybridized carbons (Fsp3) is 0.778. The molecule has 0 aromatic carbocycles. The highest BCUT2D eigenvalue weighted by atomic mass is 16.4. The van der Waals surface area contributed by atoms with E-state index in [1.165, 1.54) is 0 Å². The van der Waals surface area contributed by atoms with Gasteiger partial charge in [-0.1, -0.05) is 0 Å². The largest absolute Gasteiger partial charge is 0.480 e. The molecule has 6 nitrogen and oxygen atoms in total. The molecule has 0 saturated carbocycles. The molecule has 1 unspecified atom stereocenters. The first kappa shape index (κ1) is 13.9. The van der Waals surface area contributed by atoms with E-state index in [1.807, 2.05) is 19.0 Å². The van der Waals surface area contributed by atoms with Crippen LogP contribution in [-0.4, -0.2) is 66.6 Å². The van der Waals surface area contributed by atoms with E-state index in [0.29, 0.717) is 13.1 Å². The summed E-state index contributed by atoms with van der Waals surface area (Å²) in [7, 11) is 3.77. The maximum atomic E-state index is 10.9. The molecule has 0 aliphatic heterocycles. The van der Waals surface area contributed by atoms with E-state index in [4.69, 9.17) is 10.8 Å². The van der Waals surface area contributed by atoms with Crippen LogP contribution in [0, 0.1) is 0 Å². The minimum atomic E-state index is -0.957. The van der Waals surface area contributed by atoms with Crippen LogP contribution < -0.4 is 5.73 Å². The third-order valence-corrected chi connectivity index (χ3v) is 2.13. The van der Waals surface area contributed by atoms with Gasteiger partial charge >= 0.3 is 5.97 Å². The van der Waals surface area contributed by atoms with Crippen LogP contribution in [0.15, 0.2) is 0 Å². The Kier molecular flexibility index (Phi) is 5.88. The van der Waals surface area contributed by atoms with Crippen molar-refractivity contribution in [1.29, 1.82) is 0 Å². The molecule has 0 bridgehead atoms. The Hall–Kier alpha value is -1.14. The van der Waals surface area contributed by atoms with Crippen LogP contribution in [0.3, 0.4) is 0 Å². The van der Waals surface area contributed by atoms with E-state index in [2.05, 4.69) is 0 Å². The number of likely N-dealkylation sites (N-methyl/N-ethyl adjacent to an activating group) is 1. The number of carbonyl (C=O) groups excluding carboxylic acids is 1. The highest BCUT2D eigenvalue weighted by Gasteiger charge is 2.20. The molecule has 0 aliphatic rings. The molecule has 0 aliphatic carbocycles. The predicted octanol–water partition coefficient (Wildman–Crippen LogP) is -1.19. The van der Waals surface area contributed by atoms with E-state index in [0.717, 1.165) is 0 Å². The molecule has 88 valence electrons. The van der Waals surface area contributed by atoms with Crippen LogP contribution >= 0.6 is 0 Å². The lowest BCUT2D eigenvalue weighted by Gasteiger charge is -2.26. The number of carboxylic acids is 1. The Morgan fingerprint density at radius 1 is 1.33 bits per heavy atom. The zero-order valence-corrected chi connectivity index (χ0v) is 9.43. The second-order valence-corrected chi connectivity index (χ2v) is 3.75. The van der Waals surface area contributed by atoms with E-state index >= 15 is 0 Å². The Balaban J connectivity index is 4.29. The van der Waals surface area contributed by atoms with Gasteiger partial charge in [-0.05, 0) is 21.0 Å². The van der Waals surface area contributed by atoms with Crippen molar-refractivity contribution in [1.82, 2.24) is 9.80 Å². The van der Waals surface area contributed by atoms with Gasteiger partial charge in [0.15, 0.2) is 0 Å². The SMILES string of the molecule is CC(C(N)=O)N(CCN(C)C)CC(=O)O. The molecule has 0 heterocycles. The van der Waals surface area contributed by atoms with Crippen LogP contribution in [0.5, 0.6) is 0 Å². The third kappa shape index (κ3) is 6.03. The Morgan fingerprint density at radius 3 is 2.20 bits per heavy atom. The third-order valence-electron chi connectivity index (χ3n) is 2.13. The van der Waals surface area contributed by atoms with Gasteiger partial charge in [-0.3, -0.25) is 14.5 Å². The van der Waals surface area contributed by atoms with Gasteiger partial charge in [0.25, 0.3) is 0 Å². The molecule has 0 fully saturated rings. The van der Waals surface area contributed by atoms with E-state index in [1.54, 1.807) is 11.8 Å². The van der Waals surface area contributed by atoms with Crippen LogP contribution in [0.4, 0.5) is 0 Å². The lowest BCUT2D eigenvalue weighted by Crippen LogP contribution is -2.47. The Bertz CT molecular complexity index is 231. The van der Waals surface area contributed by atoms with Crippen molar-refractivity contribution in [3.05, 3.63) is 0 Å². The molecule has 15 heavy (non-hydrogen) atoms. The van der Waals surface area contributed by atoms with Gasteiger partial charge in [-0.25, -0.2) is 0 Å². The lowest BCUT2D eigenvalue weighted by atomic mass is 10.2. The number of aliphatic carboxylic acids is 1. The van der Waals surface area contributed by atoms with E-state index in [9.17, 15) is 9.59 Å². The molecule has 3 N–H and O–H groups in total. The molecule has 0 radical (unpaired) electrons. The molecule has 1 amide bonds. The second-order valence-electron chi connectivity index (χ2n) is 3.75. The van der Waals surface area contributed by atoms with Gasteiger partial charge in [0.05, 0.1) is 12.6 Å². The number of amides is 1. The number of hydrogen-bond donors (Lipinski definition) is 2. The molecular formula is C9H19N3O3. The number of carboxylic acid groups (broad SMARTS) is 1. The zero-order valence-electron chi connectivity index (χ0n) is 9.43. The van der Waals surface area contributed by atoms with Crippen molar-refractivity contribution in [2.75, 3.05) is 33.7 Å². The van der Waals surface area contributed by atoms with E-state index in [-0.39, 0.29) is 6.54 Å². The average Bonchev–Trinajstić information content (AvgIpc) is 2.10. The monoisotopic (exact) mass is 217 g/mol. The summed E-state index contributed by atoms with van der Waals surface area (Å²) in [5.41, 5.74) is 5.13. The van der Waals surface area contributed by atoms with Gasteiger partial charge in [0.2, 0.25) is 5.91 Å². The lowest BCUT2D eigenvalue weighted by molar-refractivity contribution is -0.139. The van der Waals surface area contributed by atoms with Gasteiger partial charge in [0.1, 0.15) is 0 Å². The van der Waals surface area contributed by atoms with Crippen molar-refractivity contribution in [2.24, 2.45) is 5.73 Å². The summed E-state index contributed by atoms with van der Waals surface area (Å²) in [5, 5.41) is 8.67. The summed E-state index contributed by atoms with van der Waals surface area (Å²) >= 11 is 0. The van der Waals surface area contributed by atoms with Crippen LogP contribution in [0.25, 0.3) is 0 Å². The average molecular weight is 217 g/mol. The zero-order chi connectivity index (χ0) is 12.0. The first-order valence-electron chi connectivity index (χ1n) is 4.74. The van der Waals surface area contributed by atoms with Gasteiger partial charge in [-0.2, -0.15) is 0 Å². The van der Waals surface area contributed by atoms with Gasteiger partial charge in [-0.15, -0.1) is 0 Å². The standard InChI is InChI=1S/C9H19N3O3/c1-7(9(10)15)12(6-8(13)14)5-4-11(2)3/h7H,4-6H2,1-3H3,(H2,10,15)(H,13,14). The second kappa shape index (κ2) is 6.36. The van der Waals surface area contributed by atoms with Crippen LogP contribution in [0.2, 0.25) is 0 Å². The highest BCUT2D eigenvalue weighted by Crippen LogP contribution is 1.98. The molecule has 0 saturated heterocycles. The fourth-order valence-corrected chi connectivity index (χ4v) is 1.09. The molecule has 0 spiro atoms. The number of nitrogens with zero attached hydrogens (tertiary/aromatic N) is 2. The van der Waals surface area contributed by atoms with E-state index < -0.39 is 17.9 Å². The summed E-state index contributed by atoms with van der Waals surface area (Å²) in [6.07, 6.45) is 0. The van der Waals surface area contributed by atoms with Crippen molar-refractivity contribution in [3.63, 3.8) is 0 Å². The smallest absolute Gasteiger partial charge is 0.317 e.